The van der Waals surface area contributed by atoms with Crippen LogP contribution in [0.15, 0.2) is 6.07 Å². The Labute approximate surface area is 163 Å². The maximum atomic E-state index is 6.03. The third-order valence-corrected chi connectivity index (χ3v) is 6.81. The minimum absolute atomic E-state index is 0.405. The molecule has 3 aliphatic heterocycles. The fourth-order valence-corrected chi connectivity index (χ4v) is 4.85. The molecule has 3 fully saturated rings. The predicted octanol–water partition coefficient (Wildman–Crippen LogP) is 1.51. The Morgan fingerprint density at radius 3 is 2.04 bits per heavy atom. The molecule has 0 unspecified atom stereocenters. The summed E-state index contributed by atoms with van der Waals surface area (Å²) in [6, 6.07) is 2.82. The van der Waals surface area contributed by atoms with E-state index < -0.39 is 0 Å². The van der Waals surface area contributed by atoms with Crippen molar-refractivity contribution in [3.63, 3.8) is 0 Å². The van der Waals surface area contributed by atoms with Crippen LogP contribution in [-0.4, -0.2) is 85.2 Å². The van der Waals surface area contributed by atoms with E-state index in [1.54, 1.807) is 0 Å². The monoisotopic (exact) mass is 373 g/mol. The second kappa shape index (κ2) is 8.19. The van der Waals surface area contributed by atoms with Gasteiger partial charge in [0, 0.05) is 64.5 Å². The highest BCUT2D eigenvalue weighted by atomic mass is 15.3. The number of hydrogen-bond donors (Lipinski definition) is 1. The van der Waals surface area contributed by atoms with Crippen molar-refractivity contribution in [2.24, 2.45) is 5.92 Å². The quantitative estimate of drug-likeness (QED) is 0.858. The van der Waals surface area contributed by atoms with Crippen LogP contribution in [-0.2, 0) is 0 Å². The van der Waals surface area contributed by atoms with Gasteiger partial charge < -0.3 is 20.4 Å². The second-order valence-corrected chi connectivity index (χ2v) is 8.54. The summed E-state index contributed by atoms with van der Waals surface area (Å²) in [5.41, 5.74) is 6.03. The first-order valence-electron chi connectivity index (χ1n) is 10.7. The largest absolute Gasteiger partial charge is 0.368 e. The number of piperazine rings is 1. The second-order valence-electron chi connectivity index (χ2n) is 8.54. The van der Waals surface area contributed by atoms with E-state index in [2.05, 4.69) is 49.6 Å². The van der Waals surface area contributed by atoms with Gasteiger partial charge in [0.15, 0.2) is 0 Å². The molecule has 150 valence electrons. The average molecular weight is 374 g/mol. The van der Waals surface area contributed by atoms with Gasteiger partial charge in [-0.15, -0.1) is 0 Å². The molecule has 0 saturated carbocycles. The fourth-order valence-electron chi connectivity index (χ4n) is 4.85. The summed E-state index contributed by atoms with van der Waals surface area (Å²) in [6.07, 6.45) is 4.95. The molecule has 0 amide bonds. The Bertz CT molecular complexity index is 615. The molecule has 7 heteroatoms. The minimum Gasteiger partial charge on any atom is -0.368 e. The van der Waals surface area contributed by atoms with Crippen LogP contribution in [0, 0.1) is 5.92 Å². The van der Waals surface area contributed by atoms with E-state index >= 15 is 0 Å². The molecule has 2 N–H and O–H groups in total. The van der Waals surface area contributed by atoms with E-state index in [0.29, 0.717) is 12.0 Å². The lowest BCUT2D eigenvalue weighted by molar-refractivity contribution is 0.0813. The number of nitrogen functional groups attached to an aromatic ring is 1. The van der Waals surface area contributed by atoms with Crippen molar-refractivity contribution in [3.05, 3.63) is 6.07 Å². The summed E-state index contributed by atoms with van der Waals surface area (Å²) in [5.74, 6) is 3.20. The first-order valence-corrected chi connectivity index (χ1v) is 10.7. The van der Waals surface area contributed by atoms with E-state index in [1.165, 1.54) is 51.9 Å². The number of piperidine rings is 1. The molecule has 1 atom stereocenters. The standard InChI is InChI=1S/C20H35N7/c1-16(25-13-11-24(2)12-14-25)17-5-9-27(10-6-17)19-15-18(22-20(21)23-19)26-7-3-4-8-26/h15-17H,3-14H2,1-2H3,(H2,21,22,23)/t16-/m1/s1. The lowest BCUT2D eigenvalue weighted by Crippen LogP contribution is -2.51. The van der Waals surface area contributed by atoms with Crippen LogP contribution in [0.5, 0.6) is 0 Å². The zero-order valence-corrected chi connectivity index (χ0v) is 17.0. The number of aromatic nitrogens is 2. The molecule has 7 nitrogen and oxygen atoms in total. The van der Waals surface area contributed by atoms with Gasteiger partial charge in [0.25, 0.3) is 0 Å². The van der Waals surface area contributed by atoms with Gasteiger partial charge in [-0.2, -0.15) is 9.97 Å². The van der Waals surface area contributed by atoms with Crippen LogP contribution in [0.4, 0.5) is 17.6 Å². The fraction of sp³-hybridized carbons (Fsp3) is 0.800. The Morgan fingerprint density at radius 2 is 1.44 bits per heavy atom. The molecule has 0 aromatic carbocycles. The summed E-state index contributed by atoms with van der Waals surface area (Å²) in [7, 11) is 2.23. The van der Waals surface area contributed by atoms with Gasteiger partial charge in [0.05, 0.1) is 0 Å². The van der Waals surface area contributed by atoms with Gasteiger partial charge in [0.1, 0.15) is 11.6 Å². The van der Waals surface area contributed by atoms with Gasteiger partial charge >= 0.3 is 0 Å². The molecule has 27 heavy (non-hydrogen) atoms. The van der Waals surface area contributed by atoms with Crippen LogP contribution in [0.1, 0.15) is 32.6 Å². The first kappa shape index (κ1) is 18.7. The Balaban J connectivity index is 1.36. The number of rotatable bonds is 4. The zero-order valence-electron chi connectivity index (χ0n) is 17.0. The Morgan fingerprint density at radius 1 is 0.889 bits per heavy atom. The molecular formula is C20H35N7. The number of likely N-dealkylation sites (N-methyl/N-ethyl adjacent to an activating group) is 1. The van der Waals surface area contributed by atoms with Crippen LogP contribution in [0.2, 0.25) is 0 Å². The molecular weight excluding hydrogens is 338 g/mol. The first-order chi connectivity index (χ1) is 13.1. The summed E-state index contributed by atoms with van der Waals surface area (Å²) < 4.78 is 0. The maximum Gasteiger partial charge on any atom is 0.223 e. The van der Waals surface area contributed by atoms with E-state index in [0.717, 1.165) is 43.7 Å². The molecule has 0 radical (unpaired) electrons. The van der Waals surface area contributed by atoms with Gasteiger partial charge in [-0.05, 0) is 45.6 Å². The van der Waals surface area contributed by atoms with Crippen LogP contribution in [0.3, 0.4) is 0 Å². The van der Waals surface area contributed by atoms with Crippen LogP contribution < -0.4 is 15.5 Å². The van der Waals surface area contributed by atoms with Crippen molar-refractivity contribution in [2.45, 2.75) is 38.6 Å². The lowest BCUT2D eigenvalue weighted by Gasteiger charge is -2.43. The highest BCUT2D eigenvalue weighted by Crippen LogP contribution is 2.29. The van der Waals surface area contributed by atoms with Crippen molar-refractivity contribution in [3.8, 4) is 0 Å². The SMILES string of the molecule is C[C@H](C1CCN(c2cc(N3CCCC3)nc(N)n2)CC1)N1CCN(C)CC1. The zero-order chi connectivity index (χ0) is 18.8. The third-order valence-electron chi connectivity index (χ3n) is 6.81. The number of anilines is 3. The van der Waals surface area contributed by atoms with Gasteiger partial charge in [-0.25, -0.2) is 0 Å². The van der Waals surface area contributed by atoms with E-state index in [4.69, 9.17) is 5.73 Å². The third kappa shape index (κ3) is 4.29. The van der Waals surface area contributed by atoms with Crippen molar-refractivity contribution < 1.29 is 0 Å². The molecule has 0 aliphatic carbocycles. The summed E-state index contributed by atoms with van der Waals surface area (Å²) in [4.78, 5) is 18.9. The van der Waals surface area contributed by atoms with Crippen molar-refractivity contribution in [2.75, 3.05) is 74.9 Å². The average Bonchev–Trinajstić information content (AvgIpc) is 3.23. The summed E-state index contributed by atoms with van der Waals surface area (Å²) in [5, 5.41) is 0. The minimum atomic E-state index is 0.405. The van der Waals surface area contributed by atoms with E-state index in [9.17, 15) is 0 Å². The number of hydrogen-bond acceptors (Lipinski definition) is 7. The number of nitrogens with zero attached hydrogens (tertiary/aromatic N) is 6. The van der Waals surface area contributed by atoms with E-state index in [-0.39, 0.29) is 0 Å². The molecule has 1 aromatic rings. The maximum absolute atomic E-state index is 6.03. The number of nitrogens with two attached hydrogens (primary N) is 1. The molecule has 0 bridgehead atoms. The highest BCUT2D eigenvalue weighted by Gasteiger charge is 2.30. The topological polar surface area (TPSA) is 64.8 Å². The smallest absolute Gasteiger partial charge is 0.223 e. The van der Waals surface area contributed by atoms with Gasteiger partial charge in [-0.1, -0.05) is 0 Å². The molecule has 1 aromatic heterocycles. The molecule has 4 rings (SSSR count). The Kier molecular flexibility index (Phi) is 5.68. The summed E-state index contributed by atoms with van der Waals surface area (Å²) >= 11 is 0. The molecule has 3 aliphatic rings. The highest BCUT2D eigenvalue weighted by molar-refractivity contribution is 5.54. The molecule has 4 heterocycles. The van der Waals surface area contributed by atoms with Gasteiger partial charge in [-0.3, -0.25) is 4.90 Å². The van der Waals surface area contributed by atoms with Crippen LogP contribution >= 0.6 is 0 Å². The summed E-state index contributed by atoms with van der Waals surface area (Å²) in [6.45, 7) is 11.5. The predicted molar refractivity (Wildman–Crippen MR) is 111 cm³/mol. The normalized spacial score (nSPS) is 24.5. The lowest BCUT2D eigenvalue weighted by atomic mass is 9.89. The van der Waals surface area contributed by atoms with Gasteiger partial charge in [0.2, 0.25) is 5.95 Å². The van der Waals surface area contributed by atoms with Crippen LogP contribution in [0.25, 0.3) is 0 Å². The van der Waals surface area contributed by atoms with Crippen molar-refractivity contribution in [1.29, 1.82) is 0 Å². The van der Waals surface area contributed by atoms with Crippen molar-refractivity contribution in [1.82, 2.24) is 19.8 Å². The molecule has 0 spiro atoms. The van der Waals surface area contributed by atoms with E-state index in [1.807, 2.05) is 0 Å². The Hall–Kier alpha value is -1.60. The molecule has 3 saturated heterocycles. The van der Waals surface area contributed by atoms with Crippen molar-refractivity contribution >= 4 is 17.6 Å².